The molecule has 0 saturated carbocycles. The van der Waals surface area contributed by atoms with E-state index in [1.807, 2.05) is 0 Å². The van der Waals surface area contributed by atoms with Crippen molar-refractivity contribution in [2.75, 3.05) is 5.43 Å². The number of nitrogens with two attached hydrogens (primary N) is 1. The second-order valence-corrected chi connectivity index (χ2v) is 4.83. The molecule has 18 heavy (non-hydrogen) atoms. The first-order valence-corrected chi connectivity index (χ1v) is 6.34. The molecule has 96 valence electrons. The van der Waals surface area contributed by atoms with Crippen LogP contribution >= 0.6 is 0 Å². The fraction of sp³-hybridized carbons (Fsp3) is 0.111. The van der Waals surface area contributed by atoms with E-state index in [1.54, 1.807) is 31.2 Å². The zero-order valence-corrected chi connectivity index (χ0v) is 10.2. The van der Waals surface area contributed by atoms with Gasteiger partial charge in [-0.25, -0.2) is 4.68 Å². The number of nitrogen functional groups attached to an aromatic ring is 1. The van der Waals surface area contributed by atoms with Gasteiger partial charge in [0.15, 0.2) is 0 Å². The molecule has 0 aliphatic carbocycles. The Morgan fingerprint density at radius 3 is 2.39 bits per heavy atom. The van der Waals surface area contributed by atoms with Crippen molar-refractivity contribution < 1.29 is 13.0 Å². The van der Waals surface area contributed by atoms with Crippen molar-refractivity contribution in [1.82, 2.24) is 14.8 Å². The topological polar surface area (TPSA) is 123 Å². The Balaban J connectivity index is 2.47. The van der Waals surface area contributed by atoms with Gasteiger partial charge in [0.25, 0.3) is 5.16 Å². The van der Waals surface area contributed by atoms with Gasteiger partial charge in [-0.2, -0.15) is 13.4 Å². The van der Waals surface area contributed by atoms with Gasteiger partial charge in [0, 0.05) is 5.69 Å². The monoisotopic (exact) mass is 269 g/mol. The van der Waals surface area contributed by atoms with Crippen LogP contribution in [0.5, 0.6) is 0 Å². The minimum Gasteiger partial charge on any atom is -0.324 e. The lowest BCUT2D eigenvalue weighted by Crippen LogP contribution is -2.07. The zero-order chi connectivity index (χ0) is 13.3. The Morgan fingerprint density at radius 1 is 1.33 bits per heavy atom. The third kappa shape index (κ3) is 2.32. The summed E-state index contributed by atoms with van der Waals surface area (Å²) < 4.78 is 32.0. The van der Waals surface area contributed by atoms with Crippen LogP contribution < -0.4 is 11.3 Å². The number of aryl methyl sites for hydroxylation is 1. The lowest BCUT2D eigenvalue weighted by Gasteiger charge is -2.04. The van der Waals surface area contributed by atoms with E-state index in [4.69, 9.17) is 10.4 Å². The van der Waals surface area contributed by atoms with Crippen LogP contribution in [0.1, 0.15) is 5.82 Å². The van der Waals surface area contributed by atoms with Gasteiger partial charge in [0.05, 0.1) is 5.69 Å². The third-order valence-corrected chi connectivity index (χ3v) is 2.89. The summed E-state index contributed by atoms with van der Waals surface area (Å²) >= 11 is 0. The van der Waals surface area contributed by atoms with Crippen LogP contribution in [-0.2, 0) is 10.1 Å². The molecular weight excluding hydrogens is 258 g/mol. The molecule has 8 nitrogen and oxygen atoms in total. The van der Waals surface area contributed by atoms with E-state index in [9.17, 15) is 8.42 Å². The number of anilines is 1. The number of benzene rings is 1. The lowest BCUT2D eigenvalue weighted by atomic mass is 10.3. The Morgan fingerprint density at radius 2 is 1.94 bits per heavy atom. The van der Waals surface area contributed by atoms with Gasteiger partial charge < -0.3 is 5.43 Å². The summed E-state index contributed by atoms with van der Waals surface area (Å²) in [4.78, 5) is 3.67. The molecule has 0 atom stereocenters. The fourth-order valence-corrected chi connectivity index (χ4v) is 1.85. The van der Waals surface area contributed by atoms with Crippen LogP contribution in [-0.4, -0.2) is 27.7 Å². The smallest absolute Gasteiger partial charge is 0.324 e. The quantitative estimate of drug-likeness (QED) is 0.410. The molecule has 0 bridgehead atoms. The molecule has 0 aliphatic rings. The van der Waals surface area contributed by atoms with Crippen LogP contribution in [0.4, 0.5) is 5.69 Å². The number of rotatable bonds is 3. The first-order chi connectivity index (χ1) is 8.41. The Labute approximate surface area is 103 Å². The minimum absolute atomic E-state index is 0.344. The maximum absolute atomic E-state index is 10.9. The standard InChI is InChI=1S/C9H11N5O3S/c1-6-11-9(18(15,16)17)13-14(6)8-4-2-7(12-10)3-5-8/h2-5,12H,10H2,1H3,(H,15,16,17). The summed E-state index contributed by atoms with van der Waals surface area (Å²) in [5.41, 5.74) is 3.77. The fourth-order valence-electron chi connectivity index (χ4n) is 1.42. The second-order valence-electron chi connectivity index (χ2n) is 3.52. The predicted molar refractivity (Wildman–Crippen MR) is 63.7 cm³/mol. The van der Waals surface area contributed by atoms with Crippen molar-refractivity contribution in [2.24, 2.45) is 5.84 Å². The molecule has 1 aromatic heterocycles. The highest BCUT2D eigenvalue weighted by Crippen LogP contribution is 2.14. The average Bonchev–Trinajstić information content (AvgIpc) is 2.71. The zero-order valence-electron chi connectivity index (χ0n) is 9.40. The minimum atomic E-state index is -4.40. The van der Waals surface area contributed by atoms with Gasteiger partial charge >= 0.3 is 10.1 Å². The number of aromatic nitrogens is 3. The van der Waals surface area contributed by atoms with Crippen molar-refractivity contribution in [3.05, 3.63) is 30.1 Å². The van der Waals surface area contributed by atoms with Crippen molar-refractivity contribution >= 4 is 15.8 Å². The average molecular weight is 269 g/mol. The van der Waals surface area contributed by atoms with Crippen LogP contribution in [0, 0.1) is 6.92 Å². The molecule has 2 rings (SSSR count). The third-order valence-electron chi connectivity index (χ3n) is 2.26. The molecular formula is C9H11N5O3S. The highest BCUT2D eigenvalue weighted by atomic mass is 32.2. The van der Waals surface area contributed by atoms with E-state index in [-0.39, 0.29) is 0 Å². The number of nitrogens with one attached hydrogen (secondary N) is 1. The molecule has 4 N–H and O–H groups in total. The molecule has 0 spiro atoms. The van der Waals surface area contributed by atoms with E-state index in [0.29, 0.717) is 17.2 Å². The summed E-state index contributed by atoms with van der Waals surface area (Å²) in [6.45, 7) is 1.58. The Hall–Kier alpha value is -1.97. The molecule has 0 saturated heterocycles. The van der Waals surface area contributed by atoms with Gasteiger partial charge in [-0.1, -0.05) is 0 Å². The molecule has 2 aromatic rings. The summed E-state index contributed by atoms with van der Waals surface area (Å²) in [7, 11) is -4.40. The molecule has 0 aliphatic heterocycles. The molecule has 0 fully saturated rings. The van der Waals surface area contributed by atoms with Gasteiger partial charge in [0.1, 0.15) is 5.82 Å². The number of hydrogen-bond acceptors (Lipinski definition) is 6. The van der Waals surface area contributed by atoms with E-state index < -0.39 is 15.3 Å². The predicted octanol–water partition coefficient (Wildman–Crippen LogP) is 0.108. The van der Waals surface area contributed by atoms with Crippen molar-refractivity contribution in [2.45, 2.75) is 12.1 Å². The van der Waals surface area contributed by atoms with Crippen LogP contribution in [0.2, 0.25) is 0 Å². The van der Waals surface area contributed by atoms with E-state index in [2.05, 4.69) is 15.5 Å². The second kappa shape index (κ2) is 4.37. The molecule has 1 aromatic carbocycles. The summed E-state index contributed by atoms with van der Waals surface area (Å²) in [6, 6.07) is 6.77. The molecule has 9 heteroatoms. The van der Waals surface area contributed by atoms with Crippen LogP contribution in [0.3, 0.4) is 0 Å². The number of hydrazine groups is 1. The first-order valence-electron chi connectivity index (χ1n) is 4.90. The molecule has 0 amide bonds. The van der Waals surface area contributed by atoms with E-state index >= 15 is 0 Å². The number of hydrogen-bond donors (Lipinski definition) is 3. The van der Waals surface area contributed by atoms with Crippen LogP contribution in [0.25, 0.3) is 5.69 Å². The maximum Gasteiger partial charge on any atom is 0.332 e. The van der Waals surface area contributed by atoms with Gasteiger partial charge in [0.2, 0.25) is 0 Å². The Kier molecular flexibility index (Phi) is 3.03. The maximum atomic E-state index is 10.9. The van der Waals surface area contributed by atoms with Crippen molar-refractivity contribution in [1.29, 1.82) is 0 Å². The van der Waals surface area contributed by atoms with E-state index in [1.165, 1.54) is 4.68 Å². The van der Waals surface area contributed by atoms with Gasteiger partial charge in [-0.3, -0.25) is 10.4 Å². The highest BCUT2D eigenvalue weighted by Gasteiger charge is 2.18. The largest absolute Gasteiger partial charge is 0.332 e. The normalized spacial score (nSPS) is 11.5. The SMILES string of the molecule is Cc1nc(S(=O)(=O)O)nn1-c1ccc(NN)cc1. The number of nitrogens with zero attached hydrogens (tertiary/aromatic N) is 3. The summed E-state index contributed by atoms with van der Waals surface area (Å²) in [6.07, 6.45) is 0. The molecule has 0 unspecified atom stereocenters. The van der Waals surface area contributed by atoms with Crippen LogP contribution in [0.15, 0.2) is 29.4 Å². The first kappa shape index (κ1) is 12.5. The highest BCUT2D eigenvalue weighted by molar-refractivity contribution is 7.85. The Bertz CT molecular complexity index is 662. The van der Waals surface area contributed by atoms with Gasteiger partial charge in [-0.15, -0.1) is 5.10 Å². The molecule has 1 heterocycles. The van der Waals surface area contributed by atoms with E-state index in [0.717, 1.165) is 0 Å². The van der Waals surface area contributed by atoms with Crippen molar-refractivity contribution in [3.63, 3.8) is 0 Å². The van der Waals surface area contributed by atoms with Gasteiger partial charge in [-0.05, 0) is 31.2 Å². The molecule has 0 radical (unpaired) electrons. The summed E-state index contributed by atoms with van der Waals surface area (Å²) in [5, 5.41) is 3.10. The lowest BCUT2D eigenvalue weighted by molar-refractivity contribution is 0.474. The van der Waals surface area contributed by atoms with Crippen molar-refractivity contribution in [3.8, 4) is 5.69 Å². The summed E-state index contributed by atoms with van der Waals surface area (Å²) in [5.74, 6) is 5.58.